The summed E-state index contributed by atoms with van der Waals surface area (Å²) in [7, 11) is 0. The monoisotopic (exact) mass is 429 g/mol. The number of halogens is 1. The summed E-state index contributed by atoms with van der Waals surface area (Å²) < 4.78 is 0.766. The molecule has 0 saturated carbocycles. The summed E-state index contributed by atoms with van der Waals surface area (Å²) in [5, 5.41) is 14.6. The standard InChI is InChI=1S/C19H16BrN3O2S/c1-12-18(26-17(22-12)9-13-5-3-2-4-6-13)19(25)23-21-11-14-7-8-15(20)10-16(14)24/h2-8,10-11,24H,9H2,1H3,(H,23,25)/b21-11-. The fourth-order valence-corrected chi connectivity index (χ4v) is 3.68. The van der Waals surface area contributed by atoms with Crippen LogP contribution in [-0.4, -0.2) is 22.2 Å². The number of hydrogen-bond donors (Lipinski definition) is 2. The number of nitrogens with zero attached hydrogens (tertiary/aromatic N) is 2. The Morgan fingerprint density at radius 1 is 1.31 bits per heavy atom. The fourth-order valence-electron chi connectivity index (χ4n) is 2.35. The number of hydrazone groups is 1. The van der Waals surface area contributed by atoms with E-state index in [9.17, 15) is 9.90 Å². The van der Waals surface area contributed by atoms with E-state index < -0.39 is 0 Å². The Balaban J connectivity index is 1.67. The van der Waals surface area contributed by atoms with Crippen LogP contribution in [0, 0.1) is 6.92 Å². The van der Waals surface area contributed by atoms with Gasteiger partial charge < -0.3 is 5.11 Å². The van der Waals surface area contributed by atoms with Gasteiger partial charge in [0.1, 0.15) is 10.6 Å². The van der Waals surface area contributed by atoms with Gasteiger partial charge in [-0.15, -0.1) is 11.3 Å². The average molecular weight is 430 g/mol. The zero-order valence-corrected chi connectivity index (χ0v) is 16.3. The van der Waals surface area contributed by atoms with Crippen LogP contribution in [0.15, 0.2) is 58.1 Å². The van der Waals surface area contributed by atoms with Gasteiger partial charge in [-0.2, -0.15) is 5.10 Å². The summed E-state index contributed by atoms with van der Waals surface area (Å²) in [5.74, 6) is -0.233. The van der Waals surface area contributed by atoms with Crippen molar-refractivity contribution >= 4 is 39.4 Å². The number of nitrogens with one attached hydrogen (secondary N) is 1. The number of hydrogen-bond acceptors (Lipinski definition) is 5. The van der Waals surface area contributed by atoms with Gasteiger partial charge in [0, 0.05) is 16.5 Å². The van der Waals surface area contributed by atoms with Crippen LogP contribution in [0.4, 0.5) is 0 Å². The smallest absolute Gasteiger partial charge is 0.283 e. The van der Waals surface area contributed by atoms with Crippen LogP contribution < -0.4 is 5.43 Å². The van der Waals surface area contributed by atoms with E-state index in [0.29, 0.717) is 22.6 Å². The molecule has 0 atom stereocenters. The van der Waals surface area contributed by atoms with Crippen molar-refractivity contribution in [1.82, 2.24) is 10.4 Å². The van der Waals surface area contributed by atoms with Gasteiger partial charge >= 0.3 is 0 Å². The van der Waals surface area contributed by atoms with Crippen molar-refractivity contribution in [3.8, 4) is 5.75 Å². The molecule has 1 heterocycles. The zero-order valence-electron chi connectivity index (χ0n) is 13.9. The van der Waals surface area contributed by atoms with Gasteiger partial charge in [0.15, 0.2) is 0 Å². The topological polar surface area (TPSA) is 74.6 Å². The van der Waals surface area contributed by atoms with Gasteiger partial charge in [0.05, 0.1) is 16.9 Å². The molecule has 3 aromatic rings. The predicted octanol–water partition coefficient (Wildman–Crippen LogP) is 4.27. The lowest BCUT2D eigenvalue weighted by Gasteiger charge is -2.00. The molecule has 1 amide bonds. The molecular formula is C19H16BrN3O2S. The minimum absolute atomic E-state index is 0.0801. The van der Waals surface area contributed by atoms with Crippen LogP contribution in [0.5, 0.6) is 5.75 Å². The van der Waals surface area contributed by atoms with E-state index in [4.69, 9.17) is 0 Å². The highest BCUT2D eigenvalue weighted by Crippen LogP contribution is 2.22. The van der Waals surface area contributed by atoms with E-state index in [2.05, 4.69) is 31.4 Å². The van der Waals surface area contributed by atoms with Crippen LogP contribution in [0.25, 0.3) is 0 Å². The maximum atomic E-state index is 12.3. The van der Waals surface area contributed by atoms with Gasteiger partial charge in [-0.25, -0.2) is 10.4 Å². The number of thiazole rings is 1. The number of aromatic nitrogens is 1. The van der Waals surface area contributed by atoms with Gasteiger partial charge in [-0.1, -0.05) is 46.3 Å². The first-order valence-corrected chi connectivity index (χ1v) is 9.46. The number of phenols is 1. The summed E-state index contributed by atoms with van der Waals surface area (Å²) in [5.41, 5.74) is 4.83. The molecule has 132 valence electrons. The second-order valence-corrected chi connectivity index (χ2v) is 7.59. The summed E-state index contributed by atoms with van der Waals surface area (Å²) >= 11 is 4.63. The summed E-state index contributed by atoms with van der Waals surface area (Å²) in [4.78, 5) is 17.3. The highest BCUT2D eigenvalue weighted by molar-refractivity contribution is 9.10. The molecule has 3 rings (SSSR count). The van der Waals surface area contributed by atoms with E-state index in [-0.39, 0.29) is 11.7 Å². The van der Waals surface area contributed by atoms with Crippen molar-refractivity contribution in [2.45, 2.75) is 13.3 Å². The Morgan fingerprint density at radius 2 is 2.08 bits per heavy atom. The normalized spacial score (nSPS) is 11.0. The van der Waals surface area contributed by atoms with Crippen molar-refractivity contribution in [3.63, 3.8) is 0 Å². The number of carbonyl (C=O) groups excluding carboxylic acids is 1. The Morgan fingerprint density at radius 3 is 2.81 bits per heavy atom. The van der Waals surface area contributed by atoms with Crippen LogP contribution in [0.3, 0.4) is 0 Å². The molecule has 0 spiro atoms. The molecular weight excluding hydrogens is 414 g/mol. The zero-order chi connectivity index (χ0) is 18.5. The van der Waals surface area contributed by atoms with Crippen molar-refractivity contribution in [2.75, 3.05) is 0 Å². The van der Waals surface area contributed by atoms with Crippen LogP contribution >= 0.6 is 27.3 Å². The highest BCUT2D eigenvalue weighted by atomic mass is 79.9. The molecule has 7 heteroatoms. The number of carbonyl (C=O) groups is 1. The second-order valence-electron chi connectivity index (χ2n) is 5.59. The fraction of sp³-hybridized carbons (Fsp3) is 0.105. The molecule has 2 aromatic carbocycles. The maximum absolute atomic E-state index is 12.3. The highest BCUT2D eigenvalue weighted by Gasteiger charge is 2.15. The van der Waals surface area contributed by atoms with Gasteiger partial charge in [0.2, 0.25) is 0 Å². The number of aromatic hydroxyl groups is 1. The van der Waals surface area contributed by atoms with Crippen molar-refractivity contribution < 1.29 is 9.90 Å². The number of phenolic OH excluding ortho intramolecular Hbond substituents is 1. The molecule has 0 unspecified atom stereocenters. The van der Waals surface area contributed by atoms with E-state index >= 15 is 0 Å². The third kappa shape index (κ3) is 4.56. The number of amides is 1. The minimum atomic E-state index is -0.313. The average Bonchev–Trinajstić information content (AvgIpc) is 2.98. The molecule has 0 bridgehead atoms. The molecule has 26 heavy (non-hydrogen) atoms. The van der Waals surface area contributed by atoms with E-state index in [1.54, 1.807) is 18.2 Å². The largest absolute Gasteiger partial charge is 0.507 e. The summed E-state index contributed by atoms with van der Waals surface area (Å²) in [6.45, 7) is 1.81. The quantitative estimate of drug-likeness (QED) is 0.469. The Bertz CT molecular complexity index is 955. The molecule has 0 radical (unpaired) electrons. The molecule has 0 saturated heterocycles. The Kier molecular flexibility index (Phi) is 5.80. The van der Waals surface area contributed by atoms with Crippen molar-refractivity contribution in [1.29, 1.82) is 0 Å². The summed E-state index contributed by atoms with van der Waals surface area (Å²) in [6.07, 6.45) is 2.09. The Labute approximate surface area is 163 Å². The lowest BCUT2D eigenvalue weighted by molar-refractivity contribution is 0.0958. The maximum Gasteiger partial charge on any atom is 0.283 e. The van der Waals surface area contributed by atoms with Gasteiger partial charge in [-0.3, -0.25) is 4.79 Å². The van der Waals surface area contributed by atoms with Crippen LogP contribution in [-0.2, 0) is 6.42 Å². The van der Waals surface area contributed by atoms with Crippen molar-refractivity contribution in [2.24, 2.45) is 5.10 Å². The molecule has 0 aliphatic carbocycles. The molecule has 5 nitrogen and oxygen atoms in total. The third-order valence-electron chi connectivity index (χ3n) is 3.61. The molecule has 0 aliphatic heterocycles. The lowest BCUT2D eigenvalue weighted by Crippen LogP contribution is -2.17. The SMILES string of the molecule is Cc1nc(Cc2ccccc2)sc1C(=O)N/N=C\c1ccc(Br)cc1O. The number of benzene rings is 2. The molecule has 2 N–H and O–H groups in total. The van der Waals surface area contributed by atoms with Crippen molar-refractivity contribution in [3.05, 3.63) is 79.7 Å². The summed E-state index contributed by atoms with van der Waals surface area (Å²) in [6, 6.07) is 15.0. The van der Waals surface area contributed by atoms with E-state index in [1.807, 2.05) is 37.3 Å². The predicted molar refractivity (Wildman–Crippen MR) is 107 cm³/mol. The lowest BCUT2D eigenvalue weighted by atomic mass is 10.2. The third-order valence-corrected chi connectivity index (χ3v) is 5.26. The minimum Gasteiger partial charge on any atom is -0.507 e. The second kappa shape index (κ2) is 8.25. The molecule has 0 fully saturated rings. The molecule has 1 aromatic heterocycles. The Hall–Kier alpha value is -2.51. The first kappa shape index (κ1) is 18.3. The first-order chi connectivity index (χ1) is 12.5. The molecule has 0 aliphatic rings. The van der Waals surface area contributed by atoms with Crippen LogP contribution in [0.1, 0.15) is 31.5 Å². The number of aryl methyl sites for hydroxylation is 1. The number of rotatable bonds is 5. The first-order valence-electron chi connectivity index (χ1n) is 7.85. The van der Waals surface area contributed by atoms with Gasteiger partial charge in [-0.05, 0) is 30.7 Å². The van der Waals surface area contributed by atoms with E-state index in [1.165, 1.54) is 17.6 Å². The van der Waals surface area contributed by atoms with E-state index in [0.717, 1.165) is 15.0 Å². The van der Waals surface area contributed by atoms with Crippen LogP contribution in [0.2, 0.25) is 0 Å². The van der Waals surface area contributed by atoms with Gasteiger partial charge in [0.25, 0.3) is 5.91 Å².